The lowest BCUT2D eigenvalue weighted by Gasteiger charge is -2.04. The van der Waals surface area contributed by atoms with Crippen molar-refractivity contribution < 1.29 is 4.74 Å². The summed E-state index contributed by atoms with van der Waals surface area (Å²) >= 11 is 5.72. The number of hydrogen-bond donors (Lipinski definition) is 0. The highest BCUT2D eigenvalue weighted by atomic mass is 35.5. The predicted octanol–water partition coefficient (Wildman–Crippen LogP) is 6.08. The van der Waals surface area contributed by atoms with E-state index in [1.807, 2.05) is 6.07 Å². The van der Waals surface area contributed by atoms with Crippen molar-refractivity contribution in [3.63, 3.8) is 0 Å². The van der Waals surface area contributed by atoms with Gasteiger partial charge in [-0.05, 0) is 24.8 Å². The fourth-order valence-corrected chi connectivity index (χ4v) is 2.30. The highest BCUT2D eigenvalue weighted by molar-refractivity contribution is 6.29. The smallest absolute Gasteiger partial charge is 0.0716 e. The van der Waals surface area contributed by atoms with Gasteiger partial charge >= 0.3 is 0 Å². The van der Waals surface area contributed by atoms with Gasteiger partial charge in [0.25, 0.3) is 0 Å². The third kappa shape index (κ3) is 10.1. The van der Waals surface area contributed by atoms with Crippen LogP contribution in [0.5, 0.6) is 0 Å². The molecule has 1 aromatic carbocycles. The zero-order chi connectivity index (χ0) is 14.5. The Kier molecular flexibility index (Phi) is 10.3. The van der Waals surface area contributed by atoms with E-state index in [0.29, 0.717) is 0 Å². The molecule has 0 heterocycles. The molecule has 0 N–H and O–H groups in total. The molecule has 0 aliphatic rings. The first-order valence-corrected chi connectivity index (χ1v) is 8.12. The van der Waals surface area contributed by atoms with E-state index >= 15 is 0 Å². The minimum Gasteiger partial charge on any atom is -0.377 e. The van der Waals surface area contributed by atoms with Crippen LogP contribution in [0.3, 0.4) is 0 Å². The Balaban J connectivity index is 1.80. The lowest BCUT2D eigenvalue weighted by molar-refractivity contribution is 0.116. The summed E-state index contributed by atoms with van der Waals surface area (Å²) in [6.45, 7) is 5.32. The topological polar surface area (TPSA) is 9.23 Å². The first kappa shape index (κ1) is 17.3. The predicted molar refractivity (Wildman–Crippen MR) is 88.0 cm³/mol. The SMILES string of the molecule is C=C(Cl)CCCCCCCCCOCc1ccccc1. The summed E-state index contributed by atoms with van der Waals surface area (Å²) in [5, 5.41) is 0.792. The van der Waals surface area contributed by atoms with Gasteiger partial charge < -0.3 is 4.74 Å². The highest BCUT2D eigenvalue weighted by Crippen LogP contribution is 2.13. The Morgan fingerprint density at radius 1 is 0.900 bits per heavy atom. The van der Waals surface area contributed by atoms with Crippen molar-refractivity contribution in [2.45, 2.75) is 58.0 Å². The first-order valence-electron chi connectivity index (χ1n) is 7.74. The molecule has 20 heavy (non-hydrogen) atoms. The molecular weight excluding hydrogens is 268 g/mol. The van der Waals surface area contributed by atoms with Crippen LogP contribution in [-0.2, 0) is 11.3 Å². The quantitative estimate of drug-likeness (QED) is 0.425. The van der Waals surface area contributed by atoms with Crippen LogP contribution in [0.15, 0.2) is 41.9 Å². The van der Waals surface area contributed by atoms with Crippen LogP contribution in [0.2, 0.25) is 0 Å². The monoisotopic (exact) mass is 294 g/mol. The molecule has 1 rings (SSSR count). The maximum atomic E-state index is 5.72. The molecule has 0 aromatic heterocycles. The number of unbranched alkanes of at least 4 members (excludes halogenated alkanes) is 6. The number of ether oxygens (including phenoxy) is 1. The fourth-order valence-electron chi connectivity index (χ4n) is 2.17. The Morgan fingerprint density at radius 2 is 1.50 bits per heavy atom. The van der Waals surface area contributed by atoms with Crippen LogP contribution >= 0.6 is 11.6 Å². The maximum absolute atomic E-state index is 5.72. The van der Waals surface area contributed by atoms with Crippen LogP contribution < -0.4 is 0 Å². The molecule has 0 aliphatic heterocycles. The second-order valence-corrected chi connectivity index (χ2v) is 5.81. The third-order valence-corrected chi connectivity index (χ3v) is 3.54. The van der Waals surface area contributed by atoms with Gasteiger partial charge in [-0.2, -0.15) is 0 Å². The molecule has 0 radical (unpaired) electrons. The largest absolute Gasteiger partial charge is 0.377 e. The Bertz CT molecular complexity index is 348. The van der Waals surface area contributed by atoms with Crippen LogP contribution in [0.25, 0.3) is 0 Å². The van der Waals surface area contributed by atoms with Crippen molar-refractivity contribution >= 4 is 11.6 Å². The van der Waals surface area contributed by atoms with Gasteiger partial charge in [-0.3, -0.25) is 0 Å². The summed E-state index contributed by atoms with van der Waals surface area (Å²) in [7, 11) is 0. The molecule has 0 saturated carbocycles. The summed E-state index contributed by atoms with van der Waals surface area (Å²) in [6.07, 6.45) is 9.83. The van der Waals surface area contributed by atoms with Gasteiger partial charge in [0.05, 0.1) is 6.61 Å². The molecule has 0 saturated heterocycles. The molecule has 0 aliphatic carbocycles. The van der Waals surface area contributed by atoms with Crippen molar-refractivity contribution in [2.24, 2.45) is 0 Å². The van der Waals surface area contributed by atoms with E-state index in [-0.39, 0.29) is 0 Å². The minimum absolute atomic E-state index is 0.739. The third-order valence-electron chi connectivity index (χ3n) is 3.35. The maximum Gasteiger partial charge on any atom is 0.0716 e. The van der Waals surface area contributed by atoms with E-state index < -0.39 is 0 Å². The van der Waals surface area contributed by atoms with Crippen LogP contribution in [0.1, 0.15) is 56.9 Å². The normalized spacial score (nSPS) is 10.7. The number of hydrogen-bond acceptors (Lipinski definition) is 1. The molecule has 0 atom stereocenters. The number of allylic oxidation sites excluding steroid dienone is 1. The van der Waals surface area contributed by atoms with Gasteiger partial charge in [-0.25, -0.2) is 0 Å². The van der Waals surface area contributed by atoms with E-state index in [9.17, 15) is 0 Å². The summed E-state index contributed by atoms with van der Waals surface area (Å²) < 4.78 is 5.67. The number of rotatable bonds is 12. The molecule has 1 aromatic rings. The van der Waals surface area contributed by atoms with Crippen LogP contribution in [-0.4, -0.2) is 6.61 Å². The molecular formula is C18H27ClO. The lowest BCUT2D eigenvalue weighted by Crippen LogP contribution is -1.95. The molecule has 112 valence electrons. The second kappa shape index (κ2) is 12.0. The number of benzene rings is 1. The van der Waals surface area contributed by atoms with Crippen LogP contribution in [0, 0.1) is 0 Å². The average Bonchev–Trinajstić information content (AvgIpc) is 2.45. The minimum atomic E-state index is 0.739. The van der Waals surface area contributed by atoms with E-state index in [0.717, 1.165) is 24.7 Å². The number of halogens is 1. The Labute approximate surface area is 129 Å². The first-order chi connectivity index (χ1) is 9.79. The summed E-state index contributed by atoms with van der Waals surface area (Å²) in [6, 6.07) is 10.4. The molecule has 0 bridgehead atoms. The van der Waals surface area contributed by atoms with Gasteiger partial charge in [-0.15, -0.1) is 0 Å². The van der Waals surface area contributed by atoms with Gasteiger partial charge in [0.15, 0.2) is 0 Å². The molecule has 0 amide bonds. The van der Waals surface area contributed by atoms with E-state index in [4.69, 9.17) is 16.3 Å². The molecule has 1 nitrogen and oxygen atoms in total. The van der Waals surface area contributed by atoms with Crippen molar-refractivity contribution in [3.8, 4) is 0 Å². The highest BCUT2D eigenvalue weighted by Gasteiger charge is 1.95. The molecule has 0 spiro atoms. The van der Waals surface area contributed by atoms with E-state index in [2.05, 4.69) is 30.8 Å². The average molecular weight is 295 g/mol. The van der Waals surface area contributed by atoms with Crippen molar-refractivity contribution in [3.05, 3.63) is 47.5 Å². The Morgan fingerprint density at radius 3 is 2.15 bits per heavy atom. The summed E-state index contributed by atoms with van der Waals surface area (Å²) in [4.78, 5) is 0. The van der Waals surface area contributed by atoms with E-state index in [1.54, 1.807) is 0 Å². The van der Waals surface area contributed by atoms with Gasteiger partial charge in [-0.1, -0.05) is 80.6 Å². The molecule has 2 heteroatoms. The van der Waals surface area contributed by atoms with E-state index in [1.165, 1.54) is 50.5 Å². The Hall–Kier alpha value is -0.790. The van der Waals surface area contributed by atoms with Gasteiger partial charge in [0, 0.05) is 11.6 Å². The second-order valence-electron chi connectivity index (χ2n) is 5.28. The molecule has 0 fully saturated rings. The lowest BCUT2D eigenvalue weighted by atomic mass is 10.1. The zero-order valence-electron chi connectivity index (χ0n) is 12.5. The van der Waals surface area contributed by atoms with Crippen molar-refractivity contribution in [2.75, 3.05) is 6.61 Å². The van der Waals surface area contributed by atoms with Gasteiger partial charge in [0.2, 0.25) is 0 Å². The standard InChI is InChI=1S/C18H27ClO/c1-17(19)12-8-5-3-2-4-6-11-15-20-16-18-13-9-7-10-14-18/h7,9-10,13-14H,1-6,8,11-12,15-16H2. The van der Waals surface area contributed by atoms with Crippen molar-refractivity contribution in [1.82, 2.24) is 0 Å². The molecule has 0 unspecified atom stereocenters. The fraction of sp³-hybridized carbons (Fsp3) is 0.556. The summed E-state index contributed by atoms with van der Waals surface area (Å²) in [5.41, 5.74) is 1.26. The zero-order valence-corrected chi connectivity index (χ0v) is 13.2. The van der Waals surface area contributed by atoms with Crippen molar-refractivity contribution in [1.29, 1.82) is 0 Å². The van der Waals surface area contributed by atoms with Crippen LogP contribution in [0.4, 0.5) is 0 Å². The van der Waals surface area contributed by atoms with Gasteiger partial charge in [0.1, 0.15) is 0 Å². The summed E-state index contributed by atoms with van der Waals surface area (Å²) in [5.74, 6) is 0.